The maximum atomic E-state index is 5.51. The van der Waals surface area contributed by atoms with E-state index in [1.807, 2.05) is 0 Å². The van der Waals surface area contributed by atoms with E-state index in [-0.39, 0.29) is 0 Å². The van der Waals surface area contributed by atoms with Gasteiger partial charge in [0, 0.05) is 16.0 Å². The van der Waals surface area contributed by atoms with Crippen molar-refractivity contribution in [2.45, 2.75) is 18.0 Å². The smallest absolute Gasteiger partial charge is 0.247 e. The van der Waals surface area contributed by atoms with E-state index in [4.69, 9.17) is 9.47 Å². The Morgan fingerprint density at radius 2 is 1.48 bits per heavy atom. The first kappa shape index (κ1) is 17.7. The van der Waals surface area contributed by atoms with Crippen molar-refractivity contribution < 1.29 is 14.0 Å². The van der Waals surface area contributed by atoms with E-state index in [1.54, 1.807) is 26.0 Å². The van der Waals surface area contributed by atoms with E-state index < -0.39 is 0 Å². The average molecular weight is 377 g/mol. The Bertz CT molecular complexity index is 968. The highest BCUT2D eigenvalue weighted by Gasteiger charge is 2.28. The van der Waals surface area contributed by atoms with Crippen LogP contribution in [-0.2, 0) is 13.1 Å². The molecule has 0 saturated heterocycles. The number of thioether (sulfide) groups is 1. The topological polar surface area (TPSA) is 21.5 Å². The van der Waals surface area contributed by atoms with Gasteiger partial charge >= 0.3 is 0 Å². The molecule has 3 aromatic rings. The van der Waals surface area contributed by atoms with Gasteiger partial charge in [-0.2, -0.15) is 0 Å². The average Bonchev–Trinajstić information content (AvgIpc) is 2.73. The summed E-state index contributed by atoms with van der Waals surface area (Å²) >= 11 is 1.79. The van der Waals surface area contributed by atoms with E-state index in [2.05, 4.69) is 77.4 Å². The minimum Gasteiger partial charge on any atom is -0.493 e. The van der Waals surface area contributed by atoms with Crippen molar-refractivity contribution in [2.24, 2.45) is 0 Å². The first-order chi connectivity index (χ1) is 13.3. The molecular weight excluding hydrogens is 354 g/mol. The second-order valence-corrected chi connectivity index (χ2v) is 7.46. The maximum Gasteiger partial charge on any atom is 0.247 e. The first-order valence-corrected chi connectivity index (χ1v) is 9.74. The number of rotatable bonds is 5. The molecule has 1 aliphatic rings. The van der Waals surface area contributed by atoms with Gasteiger partial charge in [0.1, 0.15) is 0 Å². The third-order valence-electron chi connectivity index (χ3n) is 4.66. The van der Waals surface area contributed by atoms with Gasteiger partial charge in [-0.15, -0.1) is 0 Å². The summed E-state index contributed by atoms with van der Waals surface area (Å²) in [6.45, 7) is 1.70. The van der Waals surface area contributed by atoms with Crippen molar-refractivity contribution in [2.75, 3.05) is 14.2 Å². The van der Waals surface area contributed by atoms with Crippen LogP contribution in [0.1, 0.15) is 16.7 Å². The molecule has 4 rings (SSSR count). The Labute approximate surface area is 164 Å². The minimum absolute atomic E-state index is 0.771. The fourth-order valence-corrected chi connectivity index (χ4v) is 4.46. The third kappa shape index (κ3) is 3.71. The fourth-order valence-electron chi connectivity index (χ4n) is 3.32. The highest BCUT2D eigenvalue weighted by Crippen LogP contribution is 2.39. The van der Waals surface area contributed by atoms with Gasteiger partial charge < -0.3 is 9.47 Å². The SMILES string of the molecule is COc1cc2c(cc1OC)SC(c1ccccc1)=[N+](Cc1ccccc1)C2. The van der Waals surface area contributed by atoms with Crippen LogP contribution in [0, 0.1) is 0 Å². The van der Waals surface area contributed by atoms with E-state index >= 15 is 0 Å². The lowest BCUT2D eigenvalue weighted by atomic mass is 10.1. The Morgan fingerprint density at radius 1 is 0.852 bits per heavy atom. The molecule has 0 spiro atoms. The first-order valence-electron chi connectivity index (χ1n) is 8.92. The van der Waals surface area contributed by atoms with E-state index in [0.717, 1.165) is 24.6 Å². The normalized spacial score (nSPS) is 13.3. The Balaban J connectivity index is 1.78. The van der Waals surface area contributed by atoms with Gasteiger partial charge in [-0.05, 0) is 36.0 Å². The van der Waals surface area contributed by atoms with Crippen LogP contribution in [0.2, 0.25) is 0 Å². The molecule has 0 fully saturated rings. The van der Waals surface area contributed by atoms with E-state index in [1.165, 1.54) is 26.6 Å². The third-order valence-corrected chi connectivity index (χ3v) is 5.95. The van der Waals surface area contributed by atoms with Crippen molar-refractivity contribution in [1.29, 1.82) is 0 Å². The summed E-state index contributed by atoms with van der Waals surface area (Å²) < 4.78 is 13.4. The zero-order chi connectivity index (χ0) is 18.6. The summed E-state index contributed by atoms with van der Waals surface area (Å²) in [5.74, 6) is 1.55. The molecule has 0 aromatic heterocycles. The summed E-state index contributed by atoms with van der Waals surface area (Å²) in [7, 11) is 3.37. The van der Waals surface area contributed by atoms with Crippen LogP contribution in [-0.4, -0.2) is 23.8 Å². The van der Waals surface area contributed by atoms with Crippen LogP contribution in [0.4, 0.5) is 0 Å². The van der Waals surface area contributed by atoms with Gasteiger partial charge in [0.05, 0.1) is 19.8 Å². The highest BCUT2D eigenvalue weighted by atomic mass is 32.2. The summed E-state index contributed by atoms with van der Waals surface area (Å²) in [5, 5.41) is 1.26. The molecule has 3 aromatic carbocycles. The lowest BCUT2D eigenvalue weighted by Gasteiger charge is -2.20. The fraction of sp³-hybridized carbons (Fsp3) is 0.174. The molecule has 0 atom stereocenters. The van der Waals surface area contributed by atoms with Crippen LogP contribution in [0.3, 0.4) is 0 Å². The largest absolute Gasteiger partial charge is 0.493 e. The molecule has 0 radical (unpaired) electrons. The van der Waals surface area contributed by atoms with Crippen molar-refractivity contribution in [3.05, 3.63) is 89.5 Å². The number of hydrogen-bond acceptors (Lipinski definition) is 3. The second kappa shape index (κ2) is 7.89. The Morgan fingerprint density at radius 3 is 2.15 bits per heavy atom. The monoisotopic (exact) mass is 376 g/mol. The van der Waals surface area contributed by atoms with Crippen LogP contribution < -0.4 is 9.47 Å². The maximum absolute atomic E-state index is 5.51. The number of benzene rings is 3. The van der Waals surface area contributed by atoms with Gasteiger partial charge in [0.2, 0.25) is 5.04 Å². The molecule has 0 amide bonds. The predicted octanol–water partition coefficient (Wildman–Crippen LogP) is 4.97. The molecule has 136 valence electrons. The molecule has 27 heavy (non-hydrogen) atoms. The van der Waals surface area contributed by atoms with Crippen molar-refractivity contribution in [1.82, 2.24) is 0 Å². The van der Waals surface area contributed by atoms with E-state index in [0.29, 0.717) is 0 Å². The number of fused-ring (bicyclic) bond motifs is 1. The van der Waals surface area contributed by atoms with Crippen LogP contribution in [0.15, 0.2) is 77.7 Å². The van der Waals surface area contributed by atoms with Gasteiger partial charge in [0.15, 0.2) is 24.6 Å². The zero-order valence-corrected chi connectivity index (χ0v) is 16.3. The molecule has 4 heteroatoms. The summed E-state index contributed by atoms with van der Waals surface area (Å²) in [5.41, 5.74) is 3.79. The molecule has 0 aliphatic carbocycles. The summed E-state index contributed by atoms with van der Waals surface area (Å²) in [6, 6.07) is 25.4. The quantitative estimate of drug-likeness (QED) is 0.587. The Kier molecular flexibility index (Phi) is 5.16. The molecule has 0 unspecified atom stereocenters. The summed E-state index contributed by atoms with van der Waals surface area (Å²) in [4.78, 5) is 1.22. The van der Waals surface area contributed by atoms with Gasteiger partial charge in [-0.3, -0.25) is 0 Å². The van der Waals surface area contributed by atoms with Gasteiger partial charge in [-0.1, -0.05) is 48.5 Å². The number of methoxy groups -OCH3 is 2. The molecule has 0 bridgehead atoms. The van der Waals surface area contributed by atoms with Crippen LogP contribution in [0.5, 0.6) is 11.5 Å². The predicted molar refractivity (Wildman–Crippen MR) is 110 cm³/mol. The summed E-state index contributed by atoms with van der Waals surface area (Å²) in [6.07, 6.45) is 0. The highest BCUT2D eigenvalue weighted by molar-refractivity contribution is 8.14. The number of hydrogen-bond donors (Lipinski definition) is 0. The van der Waals surface area contributed by atoms with Crippen LogP contribution in [0.25, 0.3) is 0 Å². The Hall–Kier alpha value is -2.72. The molecule has 0 N–H and O–H groups in total. The van der Waals surface area contributed by atoms with E-state index in [9.17, 15) is 0 Å². The second-order valence-electron chi connectivity index (χ2n) is 6.43. The molecule has 1 aliphatic heterocycles. The lowest BCUT2D eigenvalue weighted by Crippen LogP contribution is -2.24. The zero-order valence-electron chi connectivity index (χ0n) is 15.5. The molecule has 0 saturated carbocycles. The number of nitrogens with zero attached hydrogens (tertiary/aromatic N) is 1. The van der Waals surface area contributed by atoms with Crippen LogP contribution >= 0.6 is 11.8 Å². The molecular formula is C23H22NO2S+. The number of ether oxygens (including phenoxy) is 2. The van der Waals surface area contributed by atoms with Gasteiger partial charge in [0.25, 0.3) is 0 Å². The lowest BCUT2D eigenvalue weighted by molar-refractivity contribution is -0.558. The standard InChI is InChI=1S/C23H22NO2S/c1-25-20-13-19-16-24(15-17-9-5-3-6-10-17)23(18-11-7-4-8-12-18)27-22(19)14-21(20)26-2/h3-14H,15-16H2,1-2H3/q+1. The molecule has 1 heterocycles. The minimum atomic E-state index is 0.771. The van der Waals surface area contributed by atoms with Crippen molar-refractivity contribution >= 4 is 16.8 Å². The van der Waals surface area contributed by atoms with Gasteiger partial charge in [-0.25, -0.2) is 4.58 Å². The van der Waals surface area contributed by atoms with Crippen molar-refractivity contribution in [3.63, 3.8) is 0 Å². The van der Waals surface area contributed by atoms with Crippen molar-refractivity contribution in [3.8, 4) is 11.5 Å². The molecule has 3 nitrogen and oxygen atoms in total.